The van der Waals surface area contributed by atoms with Gasteiger partial charge in [0.2, 0.25) is 0 Å². The van der Waals surface area contributed by atoms with Gasteiger partial charge in [0, 0.05) is 0 Å². The maximum atomic E-state index is 10.2. The molecule has 0 bridgehead atoms. The molecule has 0 amide bonds. The van der Waals surface area contributed by atoms with Crippen molar-refractivity contribution in [3.8, 4) is 0 Å². The van der Waals surface area contributed by atoms with Gasteiger partial charge in [-0.1, -0.05) is 64.7 Å². The van der Waals surface area contributed by atoms with E-state index in [1.54, 1.807) is 0 Å². The summed E-state index contributed by atoms with van der Waals surface area (Å²) in [5, 5.41) is 0. The normalized spacial score (nSPS) is 10.5. The summed E-state index contributed by atoms with van der Waals surface area (Å²) in [5.74, 6) is 0. The minimum absolute atomic E-state index is 0. The Balaban J connectivity index is -0.000000147. The molecule has 0 aliphatic rings. The number of rotatable bonds is 12. The van der Waals surface area contributed by atoms with Crippen LogP contribution in [0.15, 0.2) is 0 Å². The number of hydrogen-bond acceptors (Lipinski definition) is 7. The predicted octanol–water partition coefficient (Wildman–Crippen LogP) is -1.63. The number of hydrogen-bond donors (Lipinski definition) is 5. The molecule has 0 aromatic carbocycles. The second-order valence-electron chi connectivity index (χ2n) is 5.03. The Kier molecular flexibility index (Phi) is 36.8. The zero-order valence-electron chi connectivity index (χ0n) is 13.1. The third-order valence-electron chi connectivity index (χ3n) is 2.73. The van der Waals surface area contributed by atoms with Crippen molar-refractivity contribution >= 4 is 89.4 Å². The molecule has 0 heterocycles. The van der Waals surface area contributed by atoms with Crippen molar-refractivity contribution in [2.24, 2.45) is 0 Å². The van der Waals surface area contributed by atoms with E-state index in [0.717, 1.165) is 12.8 Å². The Morgan fingerprint density at radius 3 is 1.36 bits per heavy atom. The average molecular weight is 443 g/mol. The van der Waals surface area contributed by atoms with Crippen LogP contribution >= 0.6 is 0 Å². The zero-order chi connectivity index (χ0) is 17.5. The van der Waals surface area contributed by atoms with E-state index in [1.165, 1.54) is 44.9 Å². The summed E-state index contributed by atoms with van der Waals surface area (Å²) < 4.78 is 33.0. The van der Waals surface area contributed by atoms with E-state index < -0.39 is 19.4 Å². The van der Waals surface area contributed by atoms with Gasteiger partial charge < -0.3 is 19.2 Å². The molecule has 0 radical (unpaired) electrons. The van der Waals surface area contributed by atoms with Crippen molar-refractivity contribution in [2.75, 3.05) is 6.61 Å². The molecule has 8 nitrogen and oxygen atoms in total. The van der Waals surface area contributed by atoms with E-state index in [-0.39, 0.29) is 76.6 Å². The predicted molar refractivity (Wildman–Crippen MR) is 110 cm³/mol. The Hall–Kier alpha value is 2.23. The van der Waals surface area contributed by atoms with E-state index >= 15 is 0 Å². The Morgan fingerprint density at radius 1 is 0.800 bits per heavy atom. The van der Waals surface area contributed by atoms with Crippen LogP contribution in [0.3, 0.4) is 0 Å². The van der Waals surface area contributed by atoms with Gasteiger partial charge in [-0.05, 0) is 6.42 Å². The van der Waals surface area contributed by atoms with Gasteiger partial charge in [-0.25, -0.2) is 4.18 Å². The summed E-state index contributed by atoms with van der Waals surface area (Å²) >= 11 is 0. The van der Waals surface area contributed by atoms with Crippen LogP contribution in [0.4, 0.5) is 0 Å². The molecular weight excluding hydrogens is 407 g/mol. The van der Waals surface area contributed by atoms with Crippen LogP contribution in [-0.4, -0.2) is 118 Å². The van der Waals surface area contributed by atoms with Crippen molar-refractivity contribution in [3.63, 3.8) is 0 Å². The van der Waals surface area contributed by atoms with Crippen LogP contribution in [0, 0.1) is 0 Å². The summed E-state index contributed by atoms with van der Waals surface area (Å²) in [5.41, 5.74) is 0. The first-order valence-corrected chi connectivity index (χ1v) is 10.7. The van der Waals surface area contributed by atoms with Crippen LogP contribution in [0.25, 0.3) is 0 Å². The van der Waals surface area contributed by atoms with Gasteiger partial charge in [0.25, 0.3) is 0 Å². The molecule has 0 saturated heterocycles. The SMILES string of the molecule is CCCCCCCCCCCCOS(=O)(=O)O.O[Si](O)(O)O.[AlH3].[MgH2].[NaH]. The second kappa shape index (κ2) is 24.3. The molecule has 0 atom stereocenters. The zero-order valence-corrected chi connectivity index (χ0v) is 15.0. The van der Waals surface area contributed by atoms with E-state index in [0.29, 0.717) is 6.42 Å². The molecule has 25 heavy (non-hydrogen) atoms. The quantitative estimate of drug-likeness (QED) is 0.138. The fraction of sp³-hybridized carbons (Fsp3) is 1.00. The van der Waals surface area contributed by atoms with Crippen LogP contribution < -0.4 is 0 Å². The van der Waals surface area contributed by atoms with Crippen LogP contribution in [0.2, 0.25) is 0 Å². The third-order valence-corrected chi connectivity index (χ3v) is 3.19. The third kappa shape index (κ3) is 58.5. The molecule has 0 rings (SSSR count). The molecule has 0 aliphatic heterocycles. The average Bonchev–Trinajstić information content (AvgIpc) is 2.32. The molecule has 0 saturated carbocycles. The Morgan fingerprint density at radius 2 is 1.08 bits per heavy atom. The van der Waals surface area contributed by atoms with Gasteiger partial charge >= 0.3 is 72.1 Å². The first kappa shape index (κ1) is 37.9. The van der Waals surface area contributed by atoms with Crippen molar-refractivity contribution in [2.45, 2.75) is 71.1 Å². The summed E-state index contributed by atoms with van der Waals surface area (Å²) in [6, 6.07) is 0. The topological polar surface area (TPSA) is 145 Å². The van der Waals surface area contributed by atoms with Crippen LogP contribution in [0.5, 0.6) is 0 Å². The fourth-order valence-electron chi connectivity index (χ4n) is 1.75. The molecule has 13 heteroatoms. The second-order valence-corrected chi connectivity index (χ2v) is 7.32. The summed E-state index contributed by atoms with van der Waals surface area (Å²) in [4.78, 5) is 29.3. The molecule has 148 valence electrons. The molecular formula is C12H36AlMgNaO8SSi. The number of unbranched alkanes of at least 4 members (excludes halogenated alkanes) is 9. The molecule has 0 unspecified atom stereocenters. The maximum absolute atomic E-state index is 10.2. The van der Waals surface area contributed by atoms with Crippen molar-refractivity contribution in [1.82, 2.24) is 0 Å². The molecule has 0 spiro atoms. The van der Waals surface area contributed by atoms with Gasteiger partial charge in [0.1, 0.15) is 0 Å². The Bertz CT molecular complexity index is 340. The van der Waals surface area contributed by atoms with Crippen LogP contribution in [0.1, 0.15) is 71.1 Å². The molecule has 0 aromatic rings. The molecule has 0 fully saturated rings. The van der Waals surface area contributed by atoms with E-state index in [1.807, 2.05) is 0 Å². The fourth-order valence-corrected chi connectivity index (χ4v) is 2.08. The molecule has 5 N–H and O–H groups in total. The first-order valence-electron chi connectivity index (χ1n) is 7.57. The summed E-state index contributed by atoms with van der Waals surface area (Å²) in [7, 11) is -8.85. The van der Waals surface area contributed by atoms with Gasteiger partial charge in [-0.3, -0.25) is 4.55 Å². The van der Waals surface area contributed by atoms with Crippen LogP contribution in [-0.2, 0) is 14.6 Å². The first-order chi connectivity index (χ1) is 10.1. The summed E-state index contributed by atoms with van der Waals surface area (Å²) in [6.07, 6.45) is 11.9. The van der Waals surface area contributed by atoms with E-state index in [2.05, 4.69) is 11.1 Å². The van der Waals surface area contributed by atoms with E-state index in [4.69, 9.17) is 23.7 Å². The van der Waals surface area contributed by atoms with Crippen molar-refractivity contribution in [3.05, 3.63) is 0 Å². The minimum atomic E-state index is -4.61. The van der Waals surface area contributed by atoms with Crippen molar-refractivity contribution in [1.29, 1.82) is 0 Å². The molecule has 0 aromatic heterocycles. The standard InChI is InChI=1S/C12H26O4S.Al.Mg.Na.H4O4Si.6H/c1-2-3-4-5-6-7-8-9-10-11-12-16-17(13,14)15;;;;1-5(2,3)4;;;;;;/h2-12H2,1H3,(H,13,14,15);;;;1-4H;;;;;;. The molecule has 0 aliphatic carbocycles. The summed E-state index contributed by atoms with van der Waals surface area (Å²) in [6.45, 7) is 2.31. The van der Waals surface area contributed by atoms with E-state index in [9.17, 15) is 8.42 Å². The van der Waals surface area contributed by atoms with Gasteiger partial charge in [0.05, 0.1) is 6.61 Å². The van der Waals surface area contributed by atoms with Gasteiger partial charge in [0.15, 0.2) is 17.4 Å². The van der Waals surface area contributed by atoms with Crippen molar-refractivity contribution < 1.29 is 36.3 Å². The van der Waals surface area contributed by atoms with Gasteiger partial charge in [-0.2, -0.15) is 8.42 Å². The Labute approximate surface area is 201 Å². The monoisotopic (exact) mass is 442 g/mol. The van der Waals surface area contributed by atoms with Gasteiger partial charge in [-0.15, -0.1) is 0 Å².